The lowest BCUT2D eigenvalue weighted by atomic mass is 9.89. The van der Waals surface area contributed by atoms with Crippen molar-refractivity contribution in [1.29, 1.82) is 0 Å². The molecule has 2 aromatic rings. The van der Waals surface area contributed by atoms with Gasteiger partial charge in [0, 0.05) is 53.8 Å². The smallest absolute Gasteiger partial charge is 0.336 e. The molecule has 0 fully saturated rings. The quantitative estimate of drug-likeness (QED) is 0.172. The minimum absolute atomic E-state index is 0.0186. The van der Waals surface area contributed by atoms with Crippen LogP contribution < -0.4 is 15.4 Å². The van der Waals surface area contributed by atoms with Crippen molar-refractivity contribution in [1.82, 2.24) is 0 Å². The minimum atomic E-state index is -1.09. The van der Waals surface area contributed by atoms with E-state index in [-0.39, 0.29) is 18.6 Å². The summed E-state index contributed by atoms with van der Waals surface area (Å²) in [6.45, 7) is 9.55. The van der Waals surface area contributed by atoms with Gasteiger partial charge in [-0.05, 0) is 81.1 Å². The SMILES string of the molecule is CC/N=c1\cc2oc3cc(NCC)c(C)cc3c(-c3ccc(OCCCC(=O)O)cc3C(=O)O)c-2cc1C. The summed E-state index contributed by atoms with van der Waals surface area (Å²) in [5.74, 6) is -1.01. The Balaban J connectivity index is 1.98. The average molecular weight is 517 g/mol. The average Bonchev–Trinajstić information content (AvgIpc) is 2.87. The van der Waals surface area contributed by atoms with Gasteiger partial charge in [-0.25, -0.2) is 4.79 Å². The van der Waals surface area contributed by atoms with Gasteiger partial charge in [-0.3, -0.25) is 9.79 Å². The molecule has 1 aliphatic carbocycles. The summed E-state index contributed by atoms with van der Waals surface area (Å²) in [5, 5.41) is 24.0. The van der Waals surface area contributed by atoms with Crippen LogP contribution in [0.3, 0.4) is 0 Å². The predicted octanol–water partition coefficient (Wildman–Crippen LogP) is 6.12. The lowest BCUT2D eigenvalue weighted by Gasteiger charge is -2.20. The molecule has 2 aromatic carbocycles. The molecular formula is C30H32N2O6. The number of fused-ring (bicyclic) bond motifs is 2. The van der Waals surface area contributed by atoms with Crippen molar-refractivity contribution >= 4 is 28.6 Å². The van der Waals surface area contributed by atoms with Gasteiger partial charge in [0.15, 0.2) is 0 Å². The Labute approximate surface area is 220 Å². The van der Waals surface area contributed by atoms with Gasteiger partial charge in [-0.15, -0.1) is 0 Å². The fourth-order valence-electron chi connectivity index (χ4n) is 4.62. The number of aryl methyl sites for hydroxylation is 2. The van der Waals surface area contributed by atoms with Crippen molar-refractivity contribution in [2.45, 2.75) is 40.5 Å². The van der Waals surface area contributed by atoms with Gasteiger partial charge in [-0.2, -0.15) is 0 Å². The Morgan fingerprint density at radius 2 is 1.79 bits per heavy atom. The number of benzene rings is 3. The van der Waals surface area contributed by atoms with Crippen LogP contribution >= 0.6 is 0 Å². The number of carboxylic acid groups (broad SMARTS) is 2. The largest absolute Gasteiger partial charge is 0.494 e. The number of carboxylic acids is 2. The number of ether oxygens (including phenoxy) is 1. The second kappa shape index (κ2) is 11.4. The zero-order valence-electron chi connectivity index (χ0n) is 22.1. The molecule has 1 aliphatic heterocycles. The number of aliphatic carboxylic acids is 1. The third kappa shape index (κ3) is 5.49. The van der Waals surface area contributed by atoms with Crippen LogP contribution in [0.15, 0.2) is 51.9 Å². The first kappa shape index (κ1) is 26.7. The van der Waals surface area contributed by atoms with Gasteiger partial charge in [0.1, 0.15) is 17.1 Å². The highest BCUT2D eigenvalue weighted by Crippen LogP contribution is 2.43. The number of aromatic carboxylic acids is 1. The van der Waals surface area contributed by atoms with E-state index in [1.54, 1.807) is 12.1 Å². The van der Waals surface area contributed by atoms with Crippen molar-refractivity contribution in [2.75, 3.05) is 25.0 Å². The molecule has 0 aromatic heterocycles. The number of anilines is 1. The van der Waals surface area contributed by atoms with Gasteiger partial charge in [0.25, 0.3) is 0 Å². The Bertz CT molecular complexity index is 1550. The summed E-state index contributed by atoms with van der Waals surface area (Å²) < 4.78 is 12.1. The van der Waals surface area contributed by atoms with Crippen LogP contribution in [0.25, 0.3) is 33.4 Å². The zero-order chi connectivity index (χ0) is 27.4. The van der Waals surface area contributed by atoms with Crippen LogP contribution in [0, 0.1) is 13.8 Å². The molecule has 0 atom stereocenters. The number of nitrogens with one attached hydrogen (secondary N) is 1. The number of carbonyl (C=O) groups is 2. The molecule has 8 nitrogen and oxygen atoms in total. The molecule has 38 heavy (non-hydrogen) atoms. The van der Waals surface area contributed by atoms with E-state index in [1.807, 2.05) is 52.0 Å². The van der Waals surface area contributed by atoms with E-state index < -0.39 is 11.9 Å². The van der Waals surface area contributed by atoms with E-state index >= 15 is 0 Å². The molecule has 1 heterocycles. The van der Waals surface area contributed by atoms with E-state index in [0.29, 0.717) is 35.6 Å². The van der Waals surface area contributed by atoms with Gasteiger partial charge in [0.05, 0.1) is 17.5 Å². The van der Waals surface area contributed by atoms with Crippen molar-refractivity contribution in [3.05, 3.63) is 64.5 Å². The lowest BCUT2D eigenvalue weighted by Crippen LogP contribution is -2.10. The van der Waals surface area contributed by atoms with E-state index in [0.717, 1.165) is 45.2 Å². The molecule has 0 spiro atoms. The maximum absolute atomic E-state index is 12.5. The molecule has 2 aliphatic rings. The third-order valence-electron chi connectivity index (χ3n) is 6.37. The van der Waals surface area contributed by atoms with Crippen LogP contribution in [0.2, 0.25) is 0 Å². The first-order chi connectivity index (χ1) is 18.2. The Kier molecular flexibility index (Phi) is 8.00. The highest BCUT2D eigenvalue weighted by molar-refractivity contribution is 6.08. The van der Waals surface area contributed by atoms with Gasteiger partial charge in [0.2, 0.25) is 0 Å². The first-order valence-corrected chi connectivity index (χ1v) is 12.7. The third-order valence-corrected chi connectivity index (χ3v) is 6.37. The van der Waals surface area contributed by atoms with Crippen LogP contribution in [-0.4, -0.2) is 41.8 Å². The number of nitrogens with zero attached hydrogens (tertiary/aromatic N) is 1. The molecule has 0 unspecified atom stereocenters. The van der Waals surface area contributed by atoms with E-state index in [9.17, 15) is 14.7 Å². The van der Waals surface area contributed by atoms with E-state index in [1.165, 1.54) is 6.07 Å². The predicted molar refractivity (Wildman–Crippen MR) is 147 cm³/mol. The second-order valence-electron chi connectivity index (χ2n) is 9.14. The van der Waals surface area contributed by atoms with Crippen molar-refractivity contribution in [2.24, 2.45) is 4.99 Å². The van der Waals surface area contributed by atoms with E-state index in [4.69, 9.17) is 14.3 Å². The highest BCUT2D eigenvalue weighted by atomic mass is 16.5. The van der Waals surface area contributed by atoms with Gasteiger partial charge in [-0.1, -0.05) is 0 Å². The summed E-state index contributed by atoms with van der Waals surface area (Å²) in [6, 6.07) is 12.8. The Hall–Kier alpha value is -4.33. The molecule has 8 heteroatoms. The second-order valence-corrected chi connectivity index (χ2v) is 9.14. The summed E-state index contributed by atoms with van der Waals surface area (Å²) in [5.41, 5.74) is 5.73. The van der Waals surface area contributed by atoms with Crippen molar-refractivity contribution < 1.29 is 29.0 Å². The molecular weight excluding hydrogens is 484 g/mol. The molecule has 198 valence electrons. The zero-order valence-corrected chi connectivity index (χ0v) is 22.1. The van der Waals surface area contributed by atoms with E-state index in [2.05, 4.69) is 10.3 Å². The molecule has 0 saturated heterocycles. The standard InChI is InChI=1S/C30H32N2O6/c1-5-31-24-15-26-22(12-17(24)3)29(23-13-18(4)25(32-6-2)16-27(23)38-26)20-10-9-19(14-21(20)30(35)36)37-11-7-8-28(33)34/h9-10,12-16,31H,5-8,11H2,1-4H3,(H,33,34)(H,35,36)/b32-25+. The fraction of sp³-hybridized carbons (Fsp3) is 0.300. The number of rotatable bonds is 10. The normalized spacial score (nSPS) is 11.7. The Morgan fingerprint density at radius 3 is 2.47 bits per heavy atom. The Morgan fingerprint density at radius 1 is 1.00 bits per heavy atom. The first-order valence-electron chi connectivity index (χ1n) is 12.7. The number of hydrogen-bond acceptors (Lipinski definition) is 6. The molecule has 0 saturated carbocycles. The molecule has 0 bridgehead atoms. The lowest BCUT2D eigenvalue weighted by molar-refractivity contribution is -0.137. The van der Waals surface area contributed by atoms with Gasteiger partial charge >= 0.3 is 11.9 Å². The molecule has 3 N–H and O–H groups in total. The summed E-state index contributed by atoms with van der Waals surface area (Å²) >= 11 is 0. The topological polar surface area (TPSA) is 121 Å². The van der Waals surface area contributed by atoms with Crippen LogP contribution in [0.1, 0.15) is 48.2 Å². The fourth-order valence-corrected chi connectivity index (χ4v) is 4.62. The maximum Gasteiger partial charge on any atom is 0.336 e. The summed E-state index contributed by atoms with van der Waals surface area (Å²) in [6.07, 6.45) is 0.308. The van der Waals surface area contributed by atoms with Crippen LogP contribution in [0.4, 0.5) is 5.69 Å². The summed E-state index contributed by atoms with van der Waals surface area (Å²) in [4.78, 5) is 27.8. The molecule has 4 rings (SSSR count). The highest BCUT2D eigenvalue weighted by Gasteiger charge is 2.23. The van der Waals surface area contributed by atoms with Crippen molar-refractivity contribution in [3.63, 3.8) is 0 Å². The van der Waals surface area contributed by atoms with Crippen LogP contribution in [-0.2, 0) is 4.79 Å². The maximum atomic E-state index is 12.5. The monoisotopic (exact) mass is 516 g/mol. The van der Waals surface area contributed by atoms with Crippen LogP contribution in [0.5, 0.6) is 5.75 Å². The molecule has 0 amide bonds. The summed E-state index contributed by atoms with van der Waals surface area (Å²) in [7, 11) is 0. The number of hydrogen-bond donors (Lipinski definition) is 3. The van der Waals surface area contributed by atoms with Crippen molar-refractivity contribution in [3.8, 4) is 28.2 Å². The minimum Gasteiger partial charge on any atom is -0.494 e. The van der Waals surface area contributed by atoms with Gasteiger partial charge < -0.3 is 24.7 Å². The molecule has 0 radical (unpaired) electrons.